The van der Waals surface area contributed by atoms with Crippen LogP contribution in [0.3, 0.4) is 0 Å². The fraction of sp³-hybridized carbons (Fsp3) is 0.925. The van der Waals surface area contributed by atoms with Gasteiger partial charge in [0.1, 0.15) is 36.6 Å². The van der Waals surface area contributed by atoms with Crippen molar-refractivity contribution >= 4 is 5.91 Å². The number of rotatable bonds is 59. The summed E-state index contributed by atoms with van der Waals surface area (Å²) >= 11 is 0. The lowest BCUT2D eigenvalue weighted by molar-refractivity contribution is -0.303. The second-order valence-corrected chi connectivity index (χ2v) is 23.9. The van der Waals surface area contributed by atoms with E-state index in [9.17, 15) is 40.5 Å². The van der Waals surface area contributed by atoms with E-state index in [1.165, 1.54) is 244 Å². The molecule has 78 heavy (non-hydrogen) atoms. The summed E-state index contributed by atoms with van der Waals surface area (Å²) in [4.78, 5) is 13.2. The van der Waals surface area contributed by atoms with Crippen LogP contribution in [0.25, 0.3) is 0 Å². The highest BCUT2D eigenvalue weighted by Gasteiger charge is 2.44. The van der Waals surface area contributed by atoms with Crippen LogP contribution in [0.2, 0.25) is 0 Å². The van der Waals surface area contributed by atoms with Crippen LogP contribution in [0.4, 0.5) is 0 Å². The van der Waals surface area contributed by atoms with E-state index in [1.54, 1.807) is 0 Å². The molecule has 1 heterocycles. The van der Waals surface area contributed by atoms with Crippen LogP contribution in [0.1, 0.15) is 328 Å². The van der Waals surface area contributed by atoms with E-state index in [4.69, 9.17) is 9.47 Å². The predicted molar refractivity (Wildman–Crippen MR) is 326 cm³/mol. The molecule has 1 saturated heterocycles. The molecule has 0 aromatic heterocycles. The summed E-state index contributed by atoms with van der Waals surface area (Å²) in [5.74, 6) is -0.704. The summed E-state index contributed by atoms with van der Waals surface area (Å²) in [6.07, 6.45) is 58.4. The van der Waals surface area contributed by atoms with Crippen LogP contribution in [0, 0.1) is 0 Å². The number of ether oxygens (including phenoxy) is 2. The first-order valence-electron chi connectivity index (χ1n) is 33.7. The van der Waals surface area contributed by atoms with Crippen LogP contribution in [0.5, 0.6) is 0 Å². The van der Waals surface area contributed by atoms with E-state index in [1.807, 2.05) is 0 Å². The third-order valence-corrected chi connectivity index (χ3v) is 16.5. The lowest BCUT2D eigenvalue weighted by atomic mass is 9.98. The number of nitrogens with one attached hydrogen (secondary N) is 1. The Bertz CT molecular complexity index is 1320. The maximum Gasteiger partial charge on any atom is 0.249 e. The maximum atomic E-state index is 13.2. The van der Waals surface area contributed by atoms with Gasteiger partial charge in [-0.1, -0.05) is 301 Å². The van der Waals surface area contributed by atoms with E-state index in [0.717, 1.165) is 38.5 Å². The molecular formula is C67H129NO10. The van der Waals surface area contributed by atoms with Crippen LogP contribution in [-0.4, -0.2) is 110 Å². The third kappa shape index (κ3) is 43.3. The third-order valence-electron chi connectivity index (χ3n) is 16.5. The van der Waals surface area contributed by atoms with Gasteiger partial charge in [-0.15, -0.1) is 0 Å². The second kappa shape index (κ2) is 56.1. The van der Waals surface area contributed by atoms with E-state index in [0.29, 0.717) is 19.3 Å². The number of allylic oxidation sites excluding steroid dienone is 4. The molecule has 9 atom stereocenters. The number of hydrogen-bond donors (Lipinski definition) is 8. The summed E-state index contributed by atoms with van der Waals surface area (Å²) in [5.41, 5.74) is 0. The molecule has 0 aliphatic carbocycles. The van der Waals surface area contributed by atoms with Crippen LogP contribution in [-0.2, 0) is 14.3 Å². The molecule has 1 fully saturated rings. The van der Waals surface area contributed by atoms with Crippen molar-refractivity contribution in [3.8, 4) is 0 Å². The molecule has 0 spiro atoms. The molecule has 11 nitrogen and oxygen atoms in total. The van der Waals surface area contributed by atoms with Gasteiger partial charge in [0.15, 0.2) is 6.29 Å². The lowest BCUT2D eigenvalue weighted by Crippen LogP contribution is -2.60. The Balaban J connectivity index is 2.23. The zero-order valence-electron chi connectivity index (χ0n) is 50.9. The van der Waals surface area contributed by atoms with E-state index < -0.39 is 74.2 Å². The lowest BCUT2D eigenvalue weighted by Gasteiger charge is -2.40. The molecule has 11 heteroatoms. The first-order chi connectivity index (χ1) is 38.2. The minimum atomic E-state index is -1.67. The highest BCUT2D eigenvalue weighted by molar-refractivity contribution is 5.80. The van der Waals surface area contributed by atoms with Crippen molar-refractivity contribution in [2.75, 3.05) is 13.2 Å². The van der Waals surface area contributed by atoms with E-state index >= 15 is 0 Å². The van der Waals surface area contributed by atoms with Crippen molar-refractivity contribution < 1.29 is 50.0 Å². The molecule has 0 bridgehead atoms. The Labute approximate surface area is 480 Å². The molecule has 462 valence electrons. The molecule has 0 aromatic carbocycles. The average Bonchev–Trinajstić information content (AvgIpc) is 3.45. The largest absolute Gasteiger partial charge is 0.394 e. The molecule has 1 aliphatic heterocycles. The van der Waals surface area contributed by atoms with Gasteiger partial charge in [0, 0.05) is 0 Å². The summed E-state index contributed by atoms with van der Waals surface area (Å²) in [5, 5.41) is 76.3. The van der Waals surface area contributed by atoms with Gasteiger partial charge in [-0.2, -0.15) is 0 Å². The molecule has 0 aromatic rings. The van der Waals surface area contributed by atoms with Gasteiger partial charge in [0.2, 0.25) is 5.91 Å². The highest BCUT2D eigenvalue weighted by Crippen LogP contribution is 2.24. The number of unbranched alkanes of at least 4 members (excludes halogenated alkanes) is 43. The van der Waals surface area contributed by atoms with Crippen molar-refractivity contribution in [1.29, 1.82) is 0 Å². The number of hydrogen-bond acceptors (Lipinski definition) is 10. The van der Waals surface area contributed by atoms with Crippen molar-refractivity contribution in [3.63, 3.8) is 0 Å². The fourth-order valence-electron chi connectivity index (χ4n) is 11.1. The Morgan fingerprint density at radius 3 is 1.14 bits per heavy atom. The minimum Gasteiger partial charge on any atom is -0.394 e. The maximum absolute atomic E-state index is 13.2. The summed E-state index contributed by atoms with van der Waals surface area (Å²) < 4.78 is 11.2. The second-order valence-electron chi connectivity index (χ2n) is 23.9. The smallest absolute Gasteiger partial charge is 0.249 e. The zero-order chi connectivity index (χ0) is 56.8. The van der Waals surface area contributed by atoms with Gasteiger partial charge in [-0.3, -0.25) is 4.79 Å². The quantitative estimate of drug-likeness (QED) is 0.0215. The number of carbonyl (C=O) groups excluding carboxylic acids is 1. The van der Waals surface area contributed by atoms with Gasteiger partial charge in [-0.05, 0) is 51.4 Å². The molecule has 9 unspecified atom stereocenters. The number of amides is 1. The monoisotopic (exact) mass is 1110 g/mol. The summed E-state index contributed by atoms with van der Waals surface area (Å²) in [7, 11) is 0. The molecule has 1 rings (SSSR count). The molecule has 1 aliphatic rings. The fourth-order valence-corrected chi connectivity index (χ4v) is 11.1. The van der Waals surface area contributed by atoms with Crippen molar-refractivity contribution in [2.24, 2.45) is 0 Å². The van der Waals surface area contributed by atoms with Gasteiger partial charge >= 0.3 is 0 Å². The van der Waals surface area contributed by atoms with Crippen LogP contribution in [0.15, 0.2) is 24.3 Å². The number of aliphatic hydroxyl groups is 7. The van der Waals surface area contributed by atoms with Gasteiger partial charge in [0.25, 0.3) is 0 Å². The Morgan fingerprint density at radius 1 is 0.436 bits per heavy atom. The normalized spacial score (nSPS) is 19.5. The topological polar surface area (TPSA) is 189 Å². The zero-order valence-corrected chi connectivity index (χ0v) is 50.9. The average molecular weight is 1110 g/mol. The molecular weight excluding hydrogens is 979 g/mol. The first-order valence-corrected chi connectivity index (χ1v) is 33.7. The van der Waals surface area contributed by atoms with E-state index in [2.05, 4.69) is 43.5 Å². The van der Waals surface area contributed by atoms with E-state index in [-0.39, 0.29) is 12.8 Å². The summed E-state index contributed by atoms with van der Waals surface area (Å²) in [6.45, 7) is 3.49. The van der Waals surface area contributed by atoms with Crippen LogP contribution < -0.4 is 5.32 Å². The highest BCUT2D eigenvalue weighted by atomic mass is 16.7. The predicted octanol–water partition coefficient (Wildman–Crippen LogP) is 15.6. The van der Waals surface area contributed by atoms with Crippen LogP contribution >= 0.6 is 0 Å². The molecule has 1 amide bonds. The van der Waals surface area contributed by atoms with Crippen molar-refractivity contribution in [3.05, 3.63) is 24.3 Å². The SMILES string of the molecule is CCCCCCCCCCCCCCCCCCCCCCCCC/C=C/CC/C=C/CCCC(O)C(O)C(COC1OC(CO)C(O)C(O)C1O)NC(=O)C(O)CCCCCCCCCCCCCCCCCCCCC. The molecule has 0 radical (unpaired) electrons. The summed E-state index contributed by atoms with van der Waals surface area (Å²) in [6, 6.07) is -1.19. The van der Waals surface area contributed by atoms with Gasteiger partial charge < -0.3 is 50.5 Å². The Kier molecular flexibility index (Phi) is 53.6. The molecule has 0 saturated carbocycles. The first kappa shape index (κ1) is 74.6. The minimum absolute atomic E-state index is 0.249. The van der Waals surface area contributed by atoms with Crippen molar-refractivity contribution in [1.82, 2.24) is 5.32 Å². The Morgan fingerprint density at radius 2 is 0.769 bits per heavy atom. The Hall–Kier alpha value is -1.41. The molecule has 8 N–H and O–H groups in total. The standard InChI is InChI=1S/C67H129NO10/c1-3-5-7-9-11-13-15-17-19-21-23-24-25-26-27-28-29-30-31-32-33-34-35-37-38-40-42-44-46-48-50-52-54-59(70)62(72)58(57-77-67-65(75)64(74)63(73)61(56-69)78-67)68-66(76)60(71)55-53-51-49-47-45-43-41-39-36-22-20-18-16-14-12-10-8-6-4-2/h38,40,46,48,58-65,67,69-75H,3-37,39,41-45,47,49-57H2,1-2H3,(H,68,76)/b40-38+,48-46+. The number of carbonyl (C=O) groups is 1. The van der Waals surface area contributed by atoms with Gasteiger partial charge in [0.05, 0.1) is 25.4 Å². The van der Waals surface area contributed by atoms with Gasteiger partial charge in [-0.25, -0.2) is 0 Å². The number of aliphatic hydroxyl groups excluding tert-OH is 7. The van der Waals surface area contributed by atoms with Crippen molar-refractivity contribution in [2.45, 2.75) is 384 Å².